The van der Waals surface area contributed by atoms with E-state index in [2.05, 4.69) is 10.5 Å². The number of hydrogen-bond acceptors (Lipinski definition) is 4. The van der Waals surface area contributed by atoms with Crippen LogP contribution in [-0.4, -0.2) is 19.4 Å². The minimum absolute atomic E-state index is 0.330. The molecule has 0 saturated carbocycles. The lowest BCUT2D eigenvalue weighted by Crippen LogP contribution is -2.02. The molecule has 0 bridgehead atoms. The fraction of sp³-hybridized carbons (Fsp3) is 0.278. The lowest BCUT2D eigenvalue weighted by Gasteiger charge is -2.15. The fourth-order valence-electron chi connectivity index (χ4n) is 2.10. The average molecular weight is 402 g/mol. The molecular weight excluding hydrogens is 383 g/mol. The molecule has 0 atom stereocenters. The summed E-state index contributed by atoms with van der Waals surface area (Å²) in [7, 11) is 0. The van der Waals surface area contributed by atoms with Crippen molar-refractivity contribution < 1.29 is 9.47 Å². The zero-order valence-corrected chi connectivity index (χ0v) is 16.5. The first kappa shape index (κ1) is 19.7. The van der Waals surface area contributed by atoms with Gasteiger partial charge in [0.2, 0.25) is 0 Å². The standard InChI is InChI=1S/C18H19Cl3N2O2/c1-4-24-17-12(8-15(20)18(16(17)21)25-5-2)10-22-23-13-7-6-11(3)14(19)9-13/h6-10,23H,4-5H2,1-3H3. The van der Waals surface area contributed by atoms with E-state index in [0.29, 0.717) is 45.3 Å². The normalized spacial score (nSPS) is 11.0. The summed E-state index contributed by atoms with van der Waals surface area (Å²) >= 11 is 18.7. The first-order valence-corrected chi connectivity index (χ1v) is 8.94. The van der Waals surface area contributed by atoms with E-state index >= 15 is 0 Å². The Bertz CT molecular complexity index is 779. The highest BCUT2D eigenvalue weighted by Crippen LogP contribution is 2.42. The number of nitrogens with zero attached hydrogens (tertiary/aromatic N) is 1. The Kier molecular flexibility index (Phi) is 7.24. The van der Waals surface area contributed by atoms with Gasteiger partial charge in [0.1, 0.15) is 5.02 Å². The van der Waals surface area contributed by atoms with Gasteiger partial charge in [-0.15, -0.1) is 0 Å². The second-order valence-corrected chi connectivity index (χ2v) is 6.31. The van der Waals surface area contributed by atoms with Gasteiger partial charge in [0, 0.05) is 10.6 Å². The van der Waals surface area contributed by atoms with Crippen LogP contribution in [0.3, 0.4) is 0 Å². The maximum atomic E-state index is 6.38. The minimum atomic E-state index is 0.330. The van der Waals surface area contributed by atoms with E-state index in [-0.39, 0.29) is 0 Å². The van der Waals surface area contributed by atoms with E-state index < -0.39 is 0 Å². The summed E-state index contributed by atoms with van der Waals surface area (Å²) in [6.07, 6.45) is 1.59. The molecule has 7 heteroatoms. The molecule has 0 aliphatic carbocycles. The van der Waals surface area contributed by atoms with Crippen molar-refractivity contribution in [3.63, 3.8) is 0 Å². The predicted molar refractivity (Wildman–Crippen MR) is 106 cm³/mol. The lowest BCUT2D eigenvalue weighted by molar-refractivity contribution is 0.323. The number of halogens is 3. The van der Waals surface area contributed by atoms with Crippen LogP contribution in [0, 0.1) is 6.92 Å². The number of aryl methyl sites for hydroxylation is 1. The molecule has 0 fully saturated rings. The molecule has 134 valence electrons. The second kappa shape index (κ2) is 9.18. The Balaban J connectivity index is 2.29. The van der Waals surface area contributed by atoms with E-state index in [1.807, 2.05) is 32.9 Å². The zero-order chi connectivity index (χ0) is 18.4. The van der Waals surface area contributed by atoms with Crippen molar-refractivity contribution in [3.05, 3.63) is 50.5 Å². The molecule has 4 nitrogen and oxygen atoms in total. The number of rotatable bonds is 7. The van der Waals surface area contributed by atoms with Crippen LogP contribution in [0.5, 0.6) is 11.5 Å². The molecule has 0 aromatic heterocycles. The molecule has 0 amide bonds. The molecule has 1 N–H and O–H groups in total. The van der Waals surface area contributed by atoms with Crippen molar-refractivity contribution in [3.8, 4) is 11.5 Å². The third-order valence-electron chi connectivity index (χ3n) is 3.31. The number of anilines is 1. The van der Waals surface area contributed by atoms with Crippen LogP contribution in [0.25, 0.3) is 0 Å². The van der Waals surface area contributed by atoms with Crippen LogP contribution in [-0.2, 0) is 0 Å². The Labute approximate surface area is 162 Å². The van der Waals surface area contributed by atoms with Gasteiger partial charge in [0.15, 0.2) is 11.5 Å². The van der Waals surface area contributed by atoms with Crippen LogP contribution in [0.2, 0.25) is 15.1 Å². The summed E-state index contributed by atoms with van der Waals surface area (Å²) in [4.78, 5) is 0. The quantitative estimate of drug-likeness (QED) is 0.444. The Morgan fingerprint density at radius 1 is 1.00 bits per heavy atom. The van der Waals surface area contributed by atoms with Crippen LogP contribution in [0.1, 0.15) is 25.0 Å². The Hall–Kier alpha value is -1.62. The van der Waals surface area contributed by atoms with Gasteiger partial charge in [0.05, 0.1) is 30.1 Å². The van der Waals surface area contributed by atoms with Gasteiger partial charge < -0.3 is 9.47 Å². The molecule has 2 rings (SSSR count). The molecule has 25 heavy (non-hydrogen) atoms. The molecular formula is C18H19Cl3N2O2. The number of hydrazone groups is 1. The number of benzene rings is 2. The van der Waals surface area contributed by atoms with Gasteiger partial charge in [-0.1, -0.05) is 40.9 Å². The van der Waals surface area contributed by atoms with Crippen molar-refractivity contribution in [2.75, 3.05) is 18.6 Å². The third kappa shape index (κ3) is 4.94. The van der Waals surface area contributed by atoms with Gasteiger partial charge in [0.25, 0.3) is 0 Å². The van der Waals surface area contributed by atoms with Crippen LogP contribution < -0.4 is 14.9 Å². The predicted octanol–water partition coefficient (Wildman–Crippen LogP) is 6.20. The highest BCUT2D eigenvalue weighted by atomic mass is 35.5. The highest BCUT2D eigenvalue weighted by molar-refractivity contribution is 6.38. The topological polar surface area (TPSA) is 42.8 Å². The first-order chi connectivity index (χ1) is 12.0. The fourth-order valence-corrected chi connectivity index (χ4v) is 2.92. The van der Waals surface area contributed by atoms with Crippen LogP contribution in [0.15, 0.2) is 29.4 Å². The largest absolute Gasteiger partial charge is 0.491 e. The van der Waals surface area contributed by atoms with E-state index in [1.165, 1.54) is 0 Å². The van der Waals surface area contributed by atoms with E-state index in [9.17, 15) is 0 Å². The van der Waals surface area contributed by atoms with Crippen molar-refractivity contribution in [1.82, 2.24) is 0 Å². The van der Waals surface area contributed by atoms with E-state index in [1.54, 1.807) is 18.3 Å². The molecule has 0 heterocycles. The zero-order valence-electron chi connectivity index (χ0n) is 14.2. The summed E-state index contributed by atoms with van der Waals surface area (Å²) in [5, 5.41) is 5.61. The highest BCUT2D eigenvalue weighted by Gasteiger charge is 2.17. The molecule has 0 radical (unpaired) electrons. The molecule has 0 aliphatic rings. The van der Waals surface area contributed by atoms with Crippen molar-refractivity contribution in [2.24, 2.45) is 5.10 Å². The molecule has 0 spiro atoms. The summed E-state index contributed by atoms with van der Waals surface area (Å²) in [6, 6.07) is 7.31. The summed E-state index contributed by atoms with van der Waals surface area (Å²) in [5.74, 6) is 0.884. The minimum Gasteiger partial charge on any atom is -0.491 e. The average Bonchev–Trinajstić information content (AvgIpc) is 2.58. The van der Waals surface area contributed by atoms with Crippen molar-refractivity contribution >= 4 is 46.7 Å². The number of ether oxygens (including phenoxy) is 2. The SMILES string of the molecule is CCOc1c(Cl)cc(C=NNc2ccc(C)c(Cl)c2)c(OCC)c1Cl. The molecule has 0 unspecified atom stereocenters. The van der Waals surface area contributed by atoms with E-state index in [4.69, 9.17) is 44.3 Å². The molecule has 2 aromatic rings. The summed E-state index contributed by atoms with van der Waals surface area (Å²) in [5.41, 5.74) is 5.34. The number of hydrogen-bond donors (Lipinski definition) is 1. The molecule has 0 aliphatic heterocycles. The Morgan fingerprint density at radius 3 is 2.32 bits per heavy atom. The maximum Gasteiger partial charge on any atom is 0.160 e. The van der Waals surface area contributed by atoms with Gasteiger partial charge in [-0.3, -0.25) is 5.43 Å². The maximum absolute atomic E-state index is 6.38. The monoisotopic (exact) mass is 400 g/mol. The smallest absolute Gasteiger partial charge is 0.160 e. The summed E-state index contributed by atoms with van der Waals surface area (Å²) in [6.45, 7) is 6.58. The second-order valence-electron chi connectivity index (χ2n) is 5.12. The van der Waals surface area contributed by atoms with E-state index in [0.717, 1.165) is 11.3 Å². The van der Waals surface area contributed by atoms with Crippen LogP contribution in [0.4, 0.5) is 5.69 Å². The summed E-state index contributed by atoms with van der Waals surface area (Å²) < 4.78 is 11.1. The van der Waals surface area contributed by atoms with Crippen molar-refractivity contribution in [2.45, 2.75) is 20.8 Å². The first-order valence-electron chi connectivity index (χ1n) is 7.80. The Morgan fingerprint density at radius 2 is 1.68 bits per heavy atom. The molecule has 2 aromatic carbocycles. The lowest BCUT2D eigenvalue weighted by atomic mass is 10.2. The number of nitrogens with one attached hydrogen (secondary N) is 1. The van der Waals surface area contributed by atoms with Gasteiger partial charge in [-0.25, -0.2) is 0 Å². The van der Waals surface area contributed by atoms with Gasteiger partial charge in [-0.2, -0.15) is 5.10 Å². The van der Waals surface area contributed by atoms with Crippen LogP contribution >= 0.6 is 34.8 Å². The van der Waals surface area contributed by atoms with Gasteiger partial charge in [-0.05, 0) is 44.5 Å². The molecule has 0 saturated heterocycles. The van der Waals surface area contributed by atoms with Crippen molar-refractivity contribution in [1.29, 1.82) is 0 Å². The third-order valence-corrected chi connectivity index (χ3v) is 4.34. The van der Waals surface area contributed by atoms with Gasteiger partial charge >= 0.3 is 0 Å².